The van der Waals surface area contributed by atoms with E-state index < -0.39 is 0 Å². The summed E-state index contributed by atoms with van der Waals surface area (Å²) in [7, 11) is 0. The Morgan fingerprint density at radius 3 is 2.52 bits per heavy atom. The predicted molar refractivity (Wildman–Crippen MR) is 94.8 cm³/mol. The summed E-state index contributed by atoms with van der Waals surface area (Å²) in [5.41, 5.74) is 2.92. The standard InChI is InChI=1S/C20H21FN2O2/c1-14-2-8-18(9-3-14)23-13-16(12-19(23)24)20(25)22-11-10-15-4-6-17(21)7-5-15/h2-9,16H,10-13H2,1H3,(H,22,25)/t16-/m1/s1. The van der Waals surface area contributed by atoms with Gasteiger partial charge in [0.25, 0.3) is 0 Å². The normalized spacial score (nSPS) is 17.0. The summed E-state index contributed by atoms with van der Waals surface area (Å²) >= 11 is 0. The molecule has 4 nitrogen and oxygen atoms in total. The number of nitrogens with one attached hydrogen (secondary N) is 1. The van der Waals surface area contributed by atoms with E-state index in [4.69, 9.17) is 0 Å². The van der Waals surface area contributed by atoms with E-state index >= 15 is 0 Å². The topological polar surface area (TPSA) is 49.4 Å². The van der Waals surface area contributed by atoms with Crippen LogP contribution in [-0.4, -0.2) is 24.9 Å². The third-order valence-electron chi connectivity index (χ3n) is 4.47. The van der Waals surface area contributed by atoms with Gasteiger partial charge in [-0.1, -0.05) is 29.8 Å². The summed E-state index contributed by atoms with van der Waals surface area (Å²) < 4.78 is 12.9. The number of carbonyl (C=O) groups excluding carboxylic acids is 2. The Labute approximate surface area is 146 Å². The van der Waals surface area contributed by atoms with Gasteiger partial charge in [-0.3, -0.25) is 9.59 Å². The highest BCUT2D eigenvalue weighted by atomic mass is 19.1. The lowest BCUT2D eigenvalue weighted by Gasteiger charge is -2.17. The molecule has 2 amide bonds. The van der Waals surface area contributed by atoms with Gasteiger partial charge in [0.2, 0.25) is 11.8 Å². The zero-order valence-corrected chi connectivity index (χ0v) is 14.2. The highest BCUT2D eigenvalue weighted by molar-refractivity contribution is 6.00. The van der Waals surface area contributed by atoms with Gasteiger partial charge in [0, 0.05) is 25.2 Å². The van der Waals surface area contributed by atoms with E-state index in [2.05, 4.69) is 5.32 Å². The second-order valence-electron chi connectivity index (χ2n) is 6.41. The first-order valence-corrected chi connectivity index (χ1v) is 8.42. The summed E-state index contributed by atoms with van der Waals surface area (Å²) in [6.07, 6.45) is 0.866. The second-order valence-corrected chi connectivity index (χ2v) is 6.41. The zero-order valence-electron chi connectivity index (χ0n) is 14.2. The summed E-state index contributed by atoms with van der Waals surface area (Å²) in [4.78, 5) is 26.2. The molecule has 130 valence electrons. The molecule has 0 bridgehead atoms. The van der Waals surface area contributed by atoms with Crippen molar-refractivity contribution in [3.63, 3.8) is 0 Å². The largest absolute Gasteiger partial charge is 0.355 e. The van der Waals surface area contributed by atoms with Crippen molar-refractivity contribution >= 4 is 17.5 Å². The fourth-order valence-corrected chi connectivity index (χ4v) is 2.98. The van der Waals surface area contributed by atoms with E-state index in [1.165, 1.54) is 12.1 Å². The molecule has 25 heavy (non-hydrogen) atoms. The number of nitrogens with zero attached hydrogens (tertiary/aromatic N) is 1. The van der Waals surface area contributed by atoms with Crippen molar-refractivity contribution in [2.24, 2.45) is 5.92 Å². The van der Waals surface area contributed by atoms with E-state index in [-0.39, 0.29) is 30.0 Å². The molecule has 0 unspecified atom stereocenters. The molecule has 1 heterocycles. The number of anilines is 1. The molecule has 2 aromatic carbocycles. The SMILES string of the molecule is Cc1ccc(N2C[C@H](C(=O)NCCc3ccc(F)cc3)CC2=O)cc1. The van der Waals surface area contributed by atoms with Gasteiger partial charge in [-0.05, 0) is 43.2 Å². The van der Waals surface area contributed by atoms with Crippen molar-refractivity contribution in [1.82, 2.24) is 5.32 Å². The number of aryl methyl sites for hydroxylation is 1. The maximum Gasteiger partial charge on any atom is 0.227 e. The average Bonchev–Trinajstić information content (AvgIpc) is 2.99. The Morgan fingerprint density at radius 2 is 1.84 bits per heavy atom. The number of hydrogen-bond acceptors (Lipinski definition) is 2. The third-order valence-corrected chi connectivity index (χ3v) is 4.47. The van der Waals surface area contributed by atoms with Gasteiger partial charge < -0.3 is 10.2 Å². The van der Waals surface area contributed by atoms with Crippen LogP contribution in [0.25, 0.3) is 0 Å². The van der Waals surface area contributed by atoms with Crippen LogP contribution in [0.5, 0.6) is 0 Å². The minimum absolute atomic E-state index is 0.0254. The van der Waals surface area contributed by atoms with Crippen molar-refractivity contribution in [1.29, 1.82) is 0 Å². The minimum Gasteiger partial charge on any atom is -0.355 e. The summed E-state index contributed by atoms with van der Waals surface area (Å²) in [5, 5.41) is 2.88. The fraction of sp³-hybridized carbons (Fsp3) is 0.300. The molecule has 1 atom stereocenters. The lowest BCUT2D eigenvalue weighted by Crippen LogP contribution is -2.34. The molecule has 0 saturated carbocycles. The molecular weight excluding hydrogens is 319 g/mol. The van der Waals surface area contributed by atoms with Gasteiger partial charge >= 0.3 is 0 Å². The Hall–Kier alpha value is -2.69. The monoisotopic (exact) mass is 340 g/mol. The Kier molecular flexibility index (Phi) is 5.12. The number of benzene rings is 2. The van der Waals surface area contributed by atoms with Crippen LogP contribution in [0.4, 0.5) is 10.1 Å². The van der Waals surface area contributed by atoms with Crippen molar-refractivity contribution in [3.05, 3.63) is 65.5 Å². The lowest BCUT2D eigenvalue weighted by molar-refractivity contribution is -0.126. The molecule has 3 rings (SSSR count). The van der Waals surface area contributed by atoms with Crippen molar-refractivity contribution in [2.45, 2.75) is 19.8 Å². The molecule has 0 aliphatic carbocycles. The highest BCUT2D eigenvalue weighted by Crippen LogP contribution is 2.25. The van der Waals surface area contributed by atoms with Gasteiger partial charge in [-0.15, -0.1) is 0 Å². The smallest absolute Gasteiger partial charge is 0.227 e. The first-order valence-electron chi connectivity index (χ1n) is 8.42. The number of halogens is 1. The molecule has 0 aromatic heterocycles. The summed E-state index contributed by atoms with van der Waals surface area (Å²) in [6.45, 7) is 2.87. The highest BCUT2D eigenvalue weighted by Gasteiger charge is 2.34. The fourth-order valence-electron chi connectivity index (χ4n) is 2.98. The number of carbonyl (C=O) groups is 2. The van der Waals surface area contributed by atoms with Crippen LogP contribution < -0.4 is 10.2 Å². The van der Waals surface area contributed by atoms with Crippen molar-refractivity contribution in [2.75, 3.05) is 18.0 Å². The number of rotatable bonds is 5. The van der Waals surface area contributed by atoms with E-state index in [1.54, 1.807) is 17.0 Å². The minimum atomic E-state index is -0.331. The Balaban J connectivity index is 1.52. The number of hydrogen-bond donors (Lipinski definition) is 1. The maximum absolute atomic E-state index is 12.9. The first kappa shape index (κ1) is 17.1. The molecule has 1 aliphatic heterocycles. The first-order chi connectivity index (χ1) is 12.0. The van der Waals surface area contributed by atoms with Crippen molar-refractivity contribution < 1.29 is 14.0 Å². The molecule has 1 aliphatic rings. The maximum atomic E-state index is 12.9. The Morgan fingerprint density at radius 1 is 1.16 bits per heavy atom. The van der Waals surface area contributed by atoms with Crippen molar-refractivity contribution in [3.8, 4) is 0 Å². The van der Waals surface area contributed by atoms with Gasteiger partial charge in [-0.2, -0.15) is 0 Å². The van der Waals surface area contributed by atoms with Crippen LogP contribution in [0, 0.1) is 18.7 Å². The van der Waals surface area contributed by atoms with E-state index in [1.807, 2.05) is 31.2 Å². The van der Waals surface area contributed by atoms with Gasteiger partial charge in [-0.25, -0.2) is 4.39 Å². The van der Waals surface area contributed by atoms with Crippen LogP contribution in [0.1, 0.15) is 17.5 Å². The molecule has 1 fully saturated rings. The summed E-state index contributed by atoms with van der Waals surface area (Å²) in [5.74, 6) is -0.733. The molecule has 0 spiro atoms. The molecular formula is C20H21FN2O2. The average molecular weight is 340 g/mol. The second kappa shape index (κ2) is 7.47. The molecule has 1 N–H and O–H groups in total. The predicted octanol–water partition coefficient (Wildman–Crippen LogP) is 2.85. The summed E-state index contributed by atoms with van der Waals surface area (Å²) in [6, 6.07) is 14.0. The molecule has 1 saturated heterocycles. The van der Waals surface area contributed by atoms with Gasteiger partial charge in [0.1, 0.15) is 5.82 Å². The van der Waals surface area contributed by atoms with Gasteiger partial charge in [0.15, 0.2) is 0 Å². The lowest BCUT2D eigenvalue weighted by atomic mass is 10.1. The molecule has 5 heteroatoms. The zero-order chi connectivity index (χ0) is 17.8. The van der Waals surface area contributed by atoms with Gasteiger partial charge in [0.05, 0.1) is 5.92 Å². The van der Waals surface area contributed by atoms with Crippen LogP contribution in [0.15, 0.2) is 48.5 Å². The molecule has 2 aromatic rings. The van der Waals surface area contributed by atoms with Crippen LogP contribution >= 0.6 is 0 Å². The van der Waals surface area contributed by atoms with E-state index in [9.17, 15) is 14.0 Å². The van der Waals surface area contributed by atoms with E-state index in [0.717, 1.165) is 16.8 Å². The van der Waals surface area contributed by atoms with Crippen LogP contribution in [0.3, 0.4) is 0 Å². The number of amides is 2. The van der Waals surface area contributed by atoms with E-state index in [0.29, 0.717) is 19.5 Å². The van der Waals surface area contributed by atoms with Crippen LogP contribution in [0.2, 0.25) is 0 Å². The quantitative estimate of drug-likeness (QED) is 0.910. The molecule has 0 radical (unpaired) electrons. The Bertz CT molecular complexity index is 756. The van der Waals surface area contributed by atoms with Crippen LogP contribution in [-0.2, 0) is 16.0 Å². The third kappa shape index (κ3) is 4.24.